The molecule has 0 radical (unpaired) electrons. The Morgan fingerprint density at radius 3 is 2.33 bits per heavy atom. The van der Waals surface area contributed by atoms with Gasteiger partial charge < -0.3 is 5.11 Å². The van der Waals surface area contributed by atoms with E-state index in [1.54, 1.807) is 36.4 Å². The molecule has 0 spiro atoms. The molecule has 92 valence electrons. The highest BCUT2D eigenvalue weighted by Gasteiger charge is 2.20. The SMILES string of the molecule is O=C(c1ccccc1O)N(Cl)c1ccccc1Cl. The zero-order chi connectivity index (χ0) is 13.1. The van der Waals surface area contributed by atoms with Crippen molar-refractivity contribution in [1.29, 1.82) is 0 Å². The molecule has 5 heteroatoms. The van der Waals surface area contributed by atoms with Crippen molar-refractivity contribution < 1.29 is 9.90 Å². The summed E-state index contributed by atoms with van der Waals surface area (Å²) >= 11 is 11.9. The van der Waals surface area contributed by atoms with E-state index in [1.165, 1.54) is 12.1 Å². The number of phenolic OH excluding ortho intramolecular Hbond substituents is 1. The van der Waals surface area contributed by atoms with E-state index in [1.807, 2.05) is 0 Å². The van der Waals surface area contributed by atoms with Gasteiger partial charge in [-0.1, -0.05) is 35.9 Å². The van der Waals surface area contributed by atoms with Crippen LogP contribution in [0.5, 0.6) is 5.75 Å². The Morgan fingerprint density at radius 2 is 1.67 bits per heavy atom. The van der Waals surface area contributed by atoms with E-state index in [4.69, 9.17) is 23.4 Å². The van der Waals surface area contributed by atoms with Gasteiger partial charge in [0.05, 0.1) is 16.3 Å². The second-order valence-corrected chi connectivity index (χ2v) is 4.30. The van der Waals surface area contributed by atoms with Gasteiger partial charge in [-0.15, -0.1) is 0 Å². The van der Waals surface area contributed by atoms with Crippen LogP contribution in [-0.2, 0) is 0 Å². The maximum absolute atomic E-state index is 12.1. The van der Waals surface area contributed by atoms with Crippen molar-refractivity contribution in [2.45, 2.75) is 0 Å². The summed E-state index contributed by atoms with van der Waals surface area (Å²) in [4.78, 5) is 12.1. The van der Waals surface area contributed by atoms with E-state index in [2.05, 4.69) is 0 Å². The minimum absolute atomic E-state index is 0.118. The number of anilines is 1. The number of aromatic hydroxyl groups is 1. The number of hydrogen-bond donors (Lipinski definition) is 1. The summed E-state index contributed by atoms with van der Waals surface area (Å²) in [5.41, 5.74) is 0.488. The molecule has 0 bridgehead atoms. The van der Waals surface area contributed by atoms with Crippen molar-refractivity contribution in [3.05, 3.63) is 59.1 Å². The molecule has 2 aromatic rings. The number of amides is 1. The molecule has 0 saturated carbocycles. The molecule has 0 atom stereocenters. The average molecular weight is 282 g/mol. The molecule has 18 heavy (non-hydrogen) atoms. The maximum atomic E-state index is 12.1. The molecule has 1 N–H and O–H groups in total. The quantitative estimate of drug-likeness (QED) is 0.850. The van der Waals surface area contributed by atoms with E-state index >= 15 is 0 Å². The fraction of sp³-hybridized carbons (Fsp3) is 0. The second-order valence-electron chi connectivity index (χ2n) is 3.55. The van der Waals surface area contributed by atoms with Crippen LogP contribution in [0.3, 0.4) is 0 Å². The lowest BCUT2D eigenvalue weighted by Gasteiger charge is -2.15. The lowest BCUT2D eigenvalue weighted by Crippen LogP contribution is -2.21. The third-order valence-corrected chi connectivity index (χ3v) is 3.03. The monoisotopic (exact) mass is 281 g/mol. The highest BCUT2D eigenvalue weighted by Crippen LogP contribution is 2.29. The minimum Gasteiger partial charge on any atom is -0.507 e. The third kappa shape index (κ3) is 2.42. The van der Waals surface area contributed by atoms with Crippen LogP contribution in [0.15, 0.2) is 48.5 Å². The largest absolute Gasteiger partial charge is 0.507 e. The van der Waals surface area contributed by atoms with Crippen LogP contribution in [0.25, 0.3) is 0 Å². The first-order chi connectivity index (χ1) is 8.61. The van der Waals surface area contributed by atoms with Gasteiger partial charge in [0.25, 0.3) is 5.91 Å². The van der Waals surface area contributed by atoms with Crippen molar-refractivity contribution in [3.8, 4) is 5.75 Å². The first-order valence-electron chi connectivity index (χ1n) is 5.14. The Labute approximate surface area is 114 Å². The van der Waals surface area contributed by atoms with Crippen molar-refractivity contribution in [1.82, 2.24) is 0 Å². The molecule has 0 unspecified atom stereocenters. The number of benzene rings is 2. The Kier molecular flexibility index (Phi) is 3.75. The molecule has 0 aromatic heterocycles. The number of para-hydroxylation sites is 2. The van der Waals surface area contributed by atoms with Gasteiger partial charge in [0, 0.05) is 11.8 Å². The number of carbonyl (C=O) groups excluding carboxylic acids is 1. The first-order valence-corrected chi connectivity index (χ1v) is 5.85. The zero-order valence-corrected chi connectivity index (χ0v) is 10.7. The third-order valence-electron chi connectivity index (χ3n) is 2.38. The van der Waals surface area contributed by atoms with Crippen LogP contribution >= 0.6 is 23.4 Å². The van der Waals surface area contributed by atoms with Gasteiger partial charge >= 0.3 is 0 Å². The van der Waals surface area contributed by atoms with Crippen molar-refractivity contribution in [2.24, 2.45) is 0 Å². The molecule has 3 nitrogen and oxygen atoms in total. The second kappa shape index (κ2) is 5.29. The number of phenols is 1. The van der Waals surface area contributed by atoms with Crippen molar-refractivity contribution >= 4 is 35.0 Å². The first kappa shape index (κ1) is 12.7. The van der Waals surface area contributed by atoms with E-state index in [-0.39, 0.29) is 11.3 Å². The number of halogens is 2. The molecule has 0 fully saturated rings. The standard InChI is InChI=1S/C13H9Cl2NO2/c14-10-6-2-3-7-11(10)16(15)13(18)9-5-1-4-8-12(9)17/h1-8,17H. The summed E-state index contributed by atoms with van der Waals surface area (Å²) in [5, 5.41) is 9.96. The highest BCUT2D eigenvalue weighted by molar-refractivity contribution is 6.43. The summed E-state index contributed by atoms with van der Waals surface area (Å²) in [6, 6.07) is 12.9. The Bertz CT molecular complexity index is 587. The van der Waals surface area contributed by atoms with Crippen LogP contribution in [-0.4, -0.2) is 11.0 Å². The van der Waals surface area contributed by atoms with Crippen LogP contribution in [0, 0.1) is 0 Å². The summed E-state index contributed by atoms with van der Waals surface area (Å²) < 4.78 is 0.886. The molecule has 2 aromatic carbocycles. The van der Waals surface area contributed by atoms with Gasteiger partial charge in [-0.25, -0.2) is 4.42 Å². The van der Waals surface area contributed by atoms with Gasteiger partial charge in [0.15, 0.2) is 0 Å². The van der Waals surface area contributed by atoms with Gasteiger partial charge in [-0.05, 0) is 24.3 Å². The summed E-state index contributed by atoms with van der Waals surface area (Å²) in [6.45, 7) is 0. The molecule has 0 aliphatic carbocycles. The molecule has 0 aliphatic heterocycles. The zero-order valence-electron chi connectivity index (χ0n) is 9.18. The molecule has 2 rings (SSSR count). The number of nitrogens with zero attached hydrogens (tertiary/aromatic N) is 1. The average Bonchev–Trinajstić information content (AvgIpc) is 2.38. The number of rotatable bonds is 2. The number of carbonyl (C=O) groups is 1. The Balaban J connectivity index is 2.36. The lowest BCUT2D eigenvalue weighted by atomic mass is 10.2. The molecular weight excluding hydrogens is 273 g/mol. The predicted molar refractivity (Wildman–Crippen MR) is 72.2 cm³/mol. The molecule has 1 amide bonds. The number of hydrogen-bond acceptors (Lipinski definition) is 2. The van der Waals surface area contributed by atoms with Gasteiger partial charge in [0.1, 0.15) is 5.75 Å². The van der Waals surface area contributed by atoms with Crippen LogP contribution in [0.1, 0.15) is 10.4 Å². The molecular formula is C13H9Cl2NO2. The Morgan fingerprint density at radius 1 is 1.06 bits per heavy atom. The Hall–Kier alpha value is -1.71. The smallest absolute Gasteiger partial charge is 0.276 e. The molecule has 0 aliphatic rings. The van der Waals surface area contributed by atoms with Gasteiger partial charge in [0.2, 0.25) is 0 Å². The van der Waals surface area contributed by atoms with Crippen molar-refractivity contribution in [3.63, 3.8) is 0 Å². The lowest BCUT2D eigenvalue weighted by molar-refractivity contribution is 0.100. The van der Waals surface area contributed by atoms with Gasteiger partial charge in [-0.2, -0.15) is 0 Å². The summed E-state index contributed by atoms with van der Waals surface area (Å²) in [5.74, 6) is -0.664. The fourth-order valence-corrected chi connectivity index (χ4v) is 1.98. The normalized spacial score (nSPS) is 10.1. The van der Waals surface area contributed by atoms with Crippen LogP contribution in [0.2, 0.25) is 5.02 Å². The topological polar surface area (TPSA) is 40.5 Å². The fourth-order valence-electron chi connectivity index (χ4n) is 1.48. The van der Waals surface area contributed by atoms with Crippen molar-refractivity contribution in [2.75, 3.05) is 4.42 Å². The van der Waals surface area contributed by atoms with E-state index in [0.717, 1.165) is 4.42 Å². The molecule has 0 heterocycles. The van der Waals surface area contributed by atoms with Crippen LogP contribution in [0.4, 0.5) is 5.69 Å². The minimum atomic E-state index is -0.539. The van der Waals surface area contributed by atoms with E-state index < -0.39 is 5.91 Å². The van der Waals surface area contributed by atoms with Crippen LogP contribution < -0.4 is 4.42 Å². The predicted octanol–water partition coefficient (Wildman–Crippen LogP) is 3.85. The summed E-state index contributed by atoms with van der Waals surface area (Å²) in [7, 11) is 0. The maximum Gasteiger partial charge on any atom is 0.276 e. The van der Waals surface area contributed by atoms with E-state index in [9.17, 15) is 9.90 Å². The van der Waals surface area contributed by atoms with Gasteiger partial charge in [-0.3, -0.25) is 4.79 Å². The summed E-state index contributed by atoms with van der Waals surface area (Å²) in [6.07, 6.45) is 0. The highest BCUT2D eigenvalue weighted by atomic mass is 35.5. The van der Waals surface area contributed by atoms with E-state index in [0.29, 0.717) is 10.7 Å². The molecule has 0 saturated heterocycles.